The largest absolute Gasteiger partial charge is 0.438 e. The summed E-state index contributed by atoms with van der Waals surface area (Å²) in [5, 5.41) is 0. The first-order valence-corrected chi connectivity index (χ1v) is 7.33. The number of H-pyrrole nitrogens is 1. The van der Waals surface area contributed by atoms with Gasteiger partial charge in [0.25, 0.3) is 0 Å². The summed E-state index contributed by atoms with van der Waals surface area (Å²) >= 11 is 0. The van der Waals surface area contributed by atoms with E-state index in [0.717, 1.165) is 11.0 Å². The van der Waals surface area contributed by atoms with E-state index in [-0.39, 0.29) is 5.78 Å². The maximum atomic E-state index is 12.5. The SMILES string of the molecule is O=C(c1ccc(Oc2cnccn2)cc1)c1nc2ccccc2[nH]1. The van der Waals surface area contributed by atoms with Crippen molar-refractivity contribution in [1.29, 1.82) is 0 Å². The number of nitrogens with one attached hydrogen (secondary N) is 1. The maximum Gasteiger partial charge on any atom is 0.237 e. The fraction of sp³-hybridized carbons (Fsp3) is 0. The number of para-hydroxylation sites is 2. The summed E-state index contributed by atoms with van der Waals surface area (Å²) in [6.07, 6.45) is 4.64. The van der Waals surface area contributed by atoms with Crippen LogP contribution in [0, 0.1) is 0 Å². The highest BCUT2D eigenvalue weighted by Gasteiger charge is 2.14. The van der Waals surface area contributed by atoms with Crippen molar-refractivity contribution in [1.82, 2.24) is 19.9 Å². The van der Waals surface area contributed by atoms with Crippen LogP contribution in [0.1, 0.15) is 16.2 Å². The zero-order chi connectivity index (χ0) is 16.4. The highest BCUT2D eigenvalue weighted by Crippen LogP contribution is 2.20. The molecule has 24 heavy (non-hydrogen) atoms. The average Bonchev–Trinajstić information content (AvgIpc) is 3.07. The van der Waals surface area contributed by atoms with Gasteiger partial charge in [-0.3, -0.25) is 9.78 Å². The topological polar surface area (TPSA) is 80.8 Å². The van der Waals surface area contributed by atoms with E-state index in [1.54, 1.807) is 36.7 Å². The second kappa shape index (κ2) is 5.92. The molecule has 0 saturated carbocycles. The molecule has 2 aromatic heterocycles. The van der Waals surface area contributed by atoms with E-state index in [1.165, 1.54) is 6.20 Å². The average molecular weight is 316 g/mol. The third kappa shape index (κ3) is 2.72. The molecule has 6 heteroatoms. The van der Waals surface area contributed by atoms with Crippen LogP contribution >= 0.6 is 0 Å². The normalized spacial score (nSPS) is 10.7. The summed E-state index contributed by atoms with van der Waals surface area (Å²) in [5.41, 5.74) is 2.13. The minimum Gasteiger partial charge on any atom is -0.438 e. The zero-order valence-corrected chi connectivity index (χ0v) is 12.5. The van der Waals surface area contributed by atoms with Gasteiger partial charge >= 0.3 is 0 Å². The van der Waals surface area contributed by atoms with Gasteiger partial charge in [-0.1, -0.05) is 12.1 Å². The summed E-state index contributed by atoms with van der Waals surface area (Å²) in [6, 6.07) is 14.3. The Bertz CT molecular complexity index is 961. The molecule has 4 rings (SSSR count). The minimum absolute atomic E-state index is 0.169. The van der Waals surface area contributed by atoms with E-state index < -0.39 is 0 Å². The molecule has 1 N–H and O–H groups in total. The van der Waals surface area contributed by atoms with E-state index in [1.807, 2.05) is 24.3 Å². The monoisotopic (exact) mass is 316 g/mol. The summed E-state index contributed by atoms with van der Waals surface area (Å²) in [4.78, 5) is 27.9. The van der Waals surface area contributed by atoms with Crippen molar-refractivity contribution >= 4 is 16.8 Å². The molecule has 0 radical (unpaired) electrons. The Morgan fingerprint density at radius 2 is 1.83 bits per heavy atom. The van der Waals surface area contributed by atoms with Crippen molar-refractivity contribution in [2.24, 2.45) is 0 Å². The van der Waals surface area contributed by atoms with Gasteiger partial charge in [-0.05, 0) is 36.4 Å². The quantitative estimate of drug-likeness (QED) is 0.584. The van der Waals surface area contributed by atoms with Crippen LogP contribution in [0.15, 0.2) is 67.1 Å². The molecule has 2 heterocycles. The van der Waals surface area contributed by atoms with Crippen molar-refractivity contribution in [3.05, 3.63) is 78.5 Å². The van der Waals surface area contributed by atoms with E-state index in [9.17, 15) is 4.79 Å². The van der Waals surface area contributed by atoms with Crippen LogP contribution in [-0.4, -0.2) is 25.7 Å². The second-order valence-corrected chi connectivity index (χ2v) is 5.10. The molecular formula is C18H12N4O2. The predicted octanol–water partition coefficient (Wildman–Crippen LogP) is 3.38. The zero-order valence-electron chi connectivity index (χ0n) is 12.5. The van der Waals surface area contributed by atoms with Gasteiger partial charge in [-0.25, -0.2) is 9.97 Å². The molecular weight excluding hydrogens is 304 g/mol. The Labute approximate surface area is 137 Å². The van der Waals surface area contributed by atoms with Crippen LogP contribution in [0.25, 0.3) is 11.0 Å². The molecule has 0 atom stereocenters. The summed E-state index contributed by atoms with van der Waals surface area (Å²) in [5.74, 6) is 1.13. The number of aromatic amines is 1. The molecule has 0 amide bonds. The molecule has 0 aliphatic carbocycles. The number of nitrogens with zero attached hydrogens (tertiary/aromatic N) is 3. The van der Waals surface area contributed by atoms with Crippen molar-refractivity contribution in [3.8, 4) is 11.6 Å². The van der Waals surface area contributed by atoms with Crippen LogP contribution in [0.2, 0.25) is 0 Å². The van der Waals surface area contributed by atoms with Crippen molar-refractivity contribution in [3.63, 3.8) is 0 Å². The highest BCUT2D eigenvalue weighted by molar-refractivity contribution is 6.08. The number of rotatable bonds is 4. The van der Waals surface area contributed by atoms with Gasteiger partial charge in [0, 0.05) is 18.0 Å². The van der Waals surface area contributed by atoms with Gasteiger partial charge < -0.3 is 9.72 Å². The Hall–Kier alpha value is -3.54. The molecule has 0 spiro atoms. The number of hydrogen-bond acceptors (Lipinski definition) is 5. The van der Waals surface area contributed by atoms with Crippen LogP contribution in [0.5, 0.6) is 11.6 Å². The smallest absolute Gasteiger partial charge is 0.237 e. The molecule has 0 aliphatic heterocycles. The molecule has 0 bridgehead atoms. The fourth-order valence-corrected chi connectivity index (χ4v) is 2.33. The summed E-state index contributed by atoms with van der Waals surface area (Å²) < 4.78 is 5.56. The van der Waals surface area contributed by atoms with Crippen LogP contribution in [0.3, 0.4) is 0 Å². The third-order valence-corrected chi connectivity index (χ3v) is 3.48. The minimum atomic E-state index is -0.169. The van der Waals surface area contributed by atoms with Gasteiger partial charge in [0.05, 0.1) is 17.2 Å². The molecule has 116 valence electrons. The lowest BCUT2D eigenvalue weighted by Crippen LogP contribution is -2.03. The lowest BCUT2D eigenvalue weighted by atomic mass is 10.1. The third-order valence-electron chi connectivity index (χ3n) is 3.48. The standard InChI is InChI=1S/C18H12N4O2/c23-17(18-21-14-3-1-2-4-15(14)22-18)12-5-7-13(8-6-12)24-16-11-19-9-10-20-16/h1-11H,(H,21,22). The van der Waals surface area contributed by atoms with E-state index in [2.05, 4.69) is 19.9 Å². The first-order chi connectivity index (χ1) is 11.8. The van der Waals surface area contributed by atoms with Crippen LogP contribution in [0.4, 0.5) is 0 Å². The fourth-order valence-electron chi connectivity index (χ4n) is 2.33. The van der Waals surface area contributed by atoms with Crippen molar-refractivity contribution in [2.45, 2.75) is 0 Å². The molecule has 0 aliphatic rings. The maximum absolute atomic E-state index is 12.5. The lowest BCUT2D eigenvalue weighted by molar-refractivity contribution is 0.103. The molecule has 0 unspecified atom stereocenters. The van der Waals surface area contributed by atoms with Crippen LogP contribution in [-0.2, 0) is 0 Å². The number of ether oxygens (including phenoxy) is 1. The Morgan fingerprint density at radius 3 is 2.58 bits per heavy atom. The summed E-state index contributed by atoms with van der Waals surface area (Å²) in [7, 11) is 0. The number of benzene rings is 2. The molecule has 2 aromatic carbocycles. The molecule has 0 fully saturated rings. The number of hydrogen-bond donors (Lipinski definition) is 1. The number of carbonyl (C=O) groups is 1. The molecule has 0 saturated heterocycles. The van der Waals surface area contributed by atoms with Gasteiger partial charge in [0.1, 0.15) is 5.75 Å². The van der Waals surface area contributed by atoms with E-state index in [4.69, 9.17) is 4.74 Å². The number of imidazole rings is 1. The number of carbonyl (C=O) groups excluding carboxylic acids is 1. The molecule has 4 aromatic rings. The first-order valence-electron chi connectivity index (χ1n) is 7.33. The lowest BCUT2D eigenvalue weighted by Gasteiger charge is -2.04. The van der Waals surface area contributed by atoms with E-state index >= 15 is 0 Å². The van der Waals surface area contributed by atoms with Crippen molar-refractivity contribution in [2.75, 3.05) is 0 Å². The number of ketones is 1. The molecule has 6 nitrogen and oxygen atoms in total. The first kappa shape index (κ1) is 14.1. The van der Waals surface area contributed by atoms with Gasteiger partial charge in [-0.2, -0.15) is 0 Å². The van der Waals surface area contributed by atoms with Crippen LogP contribution < -0.4 is 4.74 Å². The van der Waals surface area contributed by atoms with Gasteiger partial charge in [0.2, 0.25) is 11.7 Å². The Kier molecular flexibility index (Phi) is 3.47. The van der Waals surface area contributed by atoms with E-state index in [0.29, 0.717) is 23.0 Å². The Morgan fingerprint density at radius 1 is 1.00 bits per heavy atom. The summed E-state index contributed by atoms with van der Waals surface area (Å²) in [6.45, 7) is 0. The predicted molar refractivity (Wildman–Crippen MR) is 88.1 cm³/mol. The number of aromatic nitrogens is 4. The second-order valence-electron chi connectivity index (χ2n) is 5.10. The Balaban J connectivity index is 1.56. The number of fused-ring (bicyclic) bond motifs is 1. The van der Waals surface area contributed by atoms with Gasteiger partial charge in [-0.15, -0.1) is 0 Å². The van der Waals surface area contributed by atoms with Gasteiger partial charge in [0.15, 0.2) is 5.82 Å². The highest BCUT2D eigenvalue weighted by atomic mass is 16.5. The van der Waals surface area contributed by atoms with Crippen molar-refractivity contribution < 1.29 is 9.53 Å².